The number of piperazine rings is 1. The molecule has 7 rings (SSSR count). The van der Waals surface area contributed by atoms with Crippen LogP contribution in [0.15, 0.2) is 71.6 Å². The number of carbonyl (C=O) groups is 3. The number of carbonyl (C=O) groups excluding carboxylic acids is 3. The number of allylic oxidation sites excluding steroid dienone is 2. The zero-order chi connectivity index (χ0) is 47.5. The highest BCUT2D eigenvalue weighted by atomic mass is 16.7. The van der Waals surface area contributed by atoms with Crippen LogP contribution >= 0.6 is 0 Å². The van der Waals surface area contributed by atoms with Gasteiger partial charge in [-0.2, -0.15) is 5.10 Å². The van der Waals surface area contributed by atoms with Crippen LogP contribution < -0.4 is 10.1 Å². The molecule has 6 N–H and O–H groups in total. The monoisotopic (exact) mass is 898 g/mol. The fourth-order valence-electron chi connectivity index (χ4n) is 8.86. The SMILES string of the molecule is CO[C@H]1C=CO[C@@]2(C)Oc3c(C)c(O)c4c(O)c(c(/C=N/N5CCN(Cc6ccccc6)CC5)c(O)c4c3C2=O)NC(=O)/C(C)=C\C=C/[C@H](C)[C@H](O)[C@@H](C)[C@@H](O)[C@@H](C)[C@H](OC(C)=O)[C@@H]1C. The summed E-state index contributed by atoms with van der Waals surface area (Å²) in [5, 5.41) is 67.5. The first kappa shape index (κ1) is 48.5. The van der Waals surface area contributed by atoms with Gasteiger partial charge < -0.3 is 49.8 Å². The van der Waals surface area contributed by atoms with Crippen LogP contribution in [0, 0.1) is 30.6 Å². The molecule has 4 heterocycles. The van der Waals surface area contributed by atoms with Gasteiger partial charge in [-0.15, -0.1) is 0 Å². The molecule has 0 saturated carbocycles. The van der Waals surface area contributed by atoms with E-state index in [9.17, 15) is 39.9 Å². The Hall–Kier alpha value is -5.94. The first-order valence-electron chi connectivity index (χ1n) is 21.9. The predicted molar refractivity (Wildman–Crippen MR) is 245 cm³/mol. The quantitative estimate of drug-likeness (QED) is 0.0734. The highest BCUT2D eigenvalue weighted by Crippen LogP contribution is 2.55. The second-order valence-corrected chi connectivity index (χ2v) is 17.6. The summed E-state index contributed by atoms with van der Waals surface area (Å²) in [6.07, 6.45) is 4.87. The number of ketones is 1. The van der Waals surface area contributed by atoms with E-state index in [0.29, 0.717) is 26.2 Å². The van der Waals surface area contributed by atoms with E-state index < -0.39 is 88.8 Å². The summed E-state index contributed by atoms with van der Waals surface area (Å²) in [7, 11) is 1.44. The van der Waals surface area contributed by atoms with Crippen molar-refractivity contribution in [3.63, 3.8) is 0 Å². The number of aliphatic hydroxyl groups is 2. The maximum Gasteiger partial charge on any atom is 0.312 e. The van der Waals surface area contributed by atoms with Gasteiger partial charge in [0.05, 0.1) is 53.0 Å². The summed E-state index contributed by atoms with van der Waals surface area (Å²) in [6, 6.07) is 10.1. The Labute approximate surface area is 379 Å². The molecule has 0 spiro atoms. The summed E-state index contributed by atoms with van der Waals surface area (Å²) >= 11 is 0. The standard InChI is InChI=1S/C49H62N4O12/c1-26-14-13-15-27(2)48(61)51-39-34(24-50-53-21-19-52(20-22-53)25-33-16-11-10-12-17-33)43(58)36-37(44(39)59)42(57)31(6)46-38(36)47(60)49(8,65-46)63-23-18-35(62-9)28(3)45(64-32(7)54)30(5)41(56)29(4)40(26)55/h10-18,23-24,26,28-30,35,40-41,45,55-59H,19-22,25H2,1-9H3,(H,51,61)/b14-13-,23-18?,27-15-,50-24+/t26-,28+,29+,30+,35-,40-,41+,45+,49-/m0/s1. The molecular weight excluding hydrogens is 837 g/mol. The van der Waals surface area contributed by atoms with Crippen molar-refractivity contribution in [1.29, 1.82) is 0 Å². The van der Waals surface area contributed by atoms with Crippen LogP contribution in [-0.2, 0) is 30.3 Å². The minimum atomic E-state index is -2.06. The molecular formula is C49H62N4O12. The smallest absolute Gasteiger partial charge is 0.312 e. The average molecular weight is 899 g/mol. The van der Waals surface area contributed by atoms with Gasteiger partial charge in [0.1, 0.15) is 23.4 Å². The molecule has 0 radical (unpaired) electrons. The van der Waals surface area contributed by atoms with Gasteiger partial charge in [0.25, 0.3) is 11.7 Å². The van der Waals surface area contributed by atoms with Crippen LogP contribution in [0.4, 0.5) is 5.69 Å². The van der Waals surface area contributed by atoms with Crippen LogP contribution in [0.2, 0.25) is 0 Å². The van der Waals surface area contributed by atoms with Crippen LogP contribution in [0.25, 0.3) is 10.8 Å². The number of hydrazone groups is 1. The number of nitrogens with one attached hydrogen (secondary N) is 1. The second kappa shape index (κ2) is 20.1. The Kier molecular flexibility index (Phi) is 15.0. The molecule has 5 bridgehead atoms. The second-order valence-electron chi connectivity index (χ2n) is 17.6. The molecule has 16 nitrogen and oxygen atoms in total. The normalized spacial score (nSPS) is 29.6. The Bertz CT molecular complexity index is 2390. The Balaban J connectivity index is 1.46. The Morgan fingerprint density at radius 1 is 0.923 bits per heavy atom. The van der Waals surface area contributed by atoms with Crippen molar-refractivity contribution < 1.29 is 58.9 Å². The number of aliphatic hydroxyl groups excluding tert-OH is 2. The number of esters is 1. The number of anilines is 1. The number of hydrogen-bond donors (Lipinski definition) is 6. The van der Waals surface area contributed by atoms with Gasteiger partial charge in [0.15, 0.2) is 5.75 Å². The van der Waals surface area contributed by atoms with Crippen LogP contribution in [-0.4, -0.2) is 123 Å². The van der Waals surface area contributed by atoms with Gasteiger partial charge in [-0.25, -0.2) is 0 Å². The van der Waals surface area contributed by atoms with Gasteiger partial charge in [-0.3, -0.25) is 24.3 Å². The zero-order valence-electron chi connectivity index (χ0n) is 38.4. The third-order valence-electron chi connectivity index (χ3n) is 13.0. The van der Waals surface area contributed by atoms with Gasteiger partial charge >= 0.3 is 11.8 Å². The van der Waals surface area contributed by atoms with Crippen molar-refractivity contribution in [2.75, 3.05) is 38.6 Å². The number of Topliss-reactive ketones (excluding diaryl/α,β-unsaturated/α-hetero) is 1. The van der Waals surface area contributed by atoms with Crippen LogP contribution in [0.1, 0.15) is 75.5 Å². The van der Waals surface area contributed by atoms with Crippen LogP contribution in [0.5, 0.6) is 23.0 Å². The number of amides is 1. The molecule has 0 unspecified atom stereocenters. The lowest BCUT2D eigenvalue weighted by Crippen LogP contribution is -2.46. The molecule has 0 aliphatic carbocycles. The molecule has 3 aromatic carbocycles. The van der Waals surface area contributed by atoms with Gasteiger partial charge in [0, 0.05) is 93.9 Å². The lowest BCUT2D eigenvalue weighted by atomic mass is 9.78. The maximum atomic E-state index is 14.6. The van der Waals surface area contributed by atoms with E-state index in [1.54, 1.807) is 44.9 Å². The van der Waals surface area contributed by atoms with Crippen LogP contribution in [0.3, 0.4) is 0 Å². The van der Waals surface area contributed by atoms with Crippen molar-refractivity contribution in [2.24, 2.45) is 28.8 Å². The fourth-order valence-corrected chi connectivity index (χ4v) is 8.86. The summed E-state index contributed by atoms with van der Waals surface area (Å²) < 4.78 is 23.7. The molecule has 1 amide bonds. The highest BCUT2D eigenvalue weighted by molar-refractivity contribution is 6.23. The third-order valence-corrected chi connectivity index (χ3v) is 13.0. The minimum absolute atomic E-state index is 0.0522. The van der Waals surface area contributed by atoms with Crippen molar-refractivity contribution in [1.82, 2.24) is 9.91 Å². The van der Waals surface area contributed by atoms with E-state index >= 15 is 0 Å². The number of ether oxygens (including phenoxy) is 4. The molecule has 1 saturated heterocycles. The Morgan fingerprint density at radius 3 is 2.25 bits per heavy atom. The molecule has 4 aliphatic heterocycles. The summed E-state index contributed by atoms with van der Waals surface area (Å²) in [5.41, 5.74) is 0.808. The number of rotatable bonds is 6. The van der Waals surface area contributed by atoms with Crippen molar-refractivity contribution >= 4 is 40.3 Å². The number of phenolic OH excluding ortho intramolecular Hbond substituents is 3. The van der Waals surface area contributed by atoms with E-state index in [2.05, 4.69) is 27.5 Å². The zero-order valence-corrected chi connectivity index (χ0v) is 38.4. The van der Waals surface area contributed by atoms with Gasteiger partial charge in [-0.05, 0) is 25.5 Å². The lowest BCUT2D eigenvalue weighted by molar-refractivity contribution is -0.160. The fraction of sp³-hybridized carbons (Fsp3) is 0.469. The summed E-state index contributed by atoms with van der Waals surface area (Å²) in [6.45, 7) is 15.8. The molecule has 65 heavy (non-hydrogen) atoms. The van der Waals surface area contributed by atoms with Gasteiger partial charge in [-0.1, -0.05) is 76.3 Å². The topological polar surface area (TPSA) is 220 Å². The summed E-state index contributed by atoms with van der Waals surface area (Å²) in [4.78, 5) is 43.1. The van der Waals surface area contributed by atoms with E-state index in [1.165, 1.54) is 65.0 Å². The van der Waals surface area contributed by atoms with Crippen molar-refractivity contribution in [3.8, 4) is 23.0 Å². The predicted octanol–water partition coefficient (Wildman–Crippen LogP) is 5.91. The van der Waals surface area contributed by atoms with E-state index in [4.69, 9.17) is 18.9 Å². The molecule has 9 atom stereocenters. The first-order valence-corrected chi connectivity index (χ1v) is 21.9. The van der Waals surface area contributed by atoms with Crippen molar-refractivity contribution in [3.05, 3.63) is 88.7 Å². The minimum Gasteiger partial charge on any atom is -0.507 e. The molecule has 3 aromatic rings. The highest BCUT2D eigenvalue weighted by Gasteiger charge is 2.50. The molecule has 0 aromatic heterocycles. The molecule has 4 aliphatic rings. The maximum absolute atomic E-state index is 14.6. The number of hydrogen-bond acceptors (Lipinski definition) is 15. The summed E-state index contributed by atoms with van der Waals surface area (Å²) in [5.74, 6) is -8.42. The number of benzene rings is 3. The van der Waals surface area contributed by atoms with E-state index in [-0.39, 0.29) is 44.5 Å². The first-order chi connectivity index (χ1) is 30.8. The lowest BCUT2D eigenvalue weighted by Gasteiger charge is -2.38. The largest absolute Gasteiger partial charge is 0.507 e. The molecule has 16 heteroatoms. The molecule has 350 valence electrons. The average Bonchev–Trinajstić information content (AvgIpc) is 3.55. The number of fused-ring (bicyclic) bond motifs is 14. The van der Waals surface area contributed by atoms with E-state index in [1.807, 2.05) is 18.2 Å². The number of nitrogens with zero attached hydrogens (tertiary/aromatic N) is 3. The number of aromatic hydroxyl groups is 3. The van der Waals surface area contributed by atoms with Crippen molar-refractivity contribution in [2.45, 2.75) is 92.1 Å². The third kappa shape index (κ3) is 10.0. The molecule has 1 fully saturated rings. The number of phenols is 3. The van der Waals surface area contributed by atoms with E-state index in [0.717, 1.165) is 6.54 Å². The number of methoxy groups -OCH3 is 1. The Morgan fingerprint density at radius 2 is 1.60 bits per heavy atom. The van der Waals surface area contributed by atoms with Gasteiger partial charge in [0.2, 0.25) is 0 Å².